The molecule has 0 unspecified atom stereocenters. The number of carbonyl (C=O) groups excluding carboxylic acids is 1. The van der Waals surface area contributed by atoms with Crippen LogP contribution in [0.4, 0.5) is 11.4 Å². The Bertz CT molecular complexity index is 1080. The van der Waals surface area contributed by atoms with Crippen LogP contribution < -0.4 is 19.7 Å². The van der Waals surface area contributed by atoms with Crippen molar-refractivity contribution in [2.75, 3.05) is 51.6 Å². The van der Waals surface area contributed by atoms with Gasteiger partial charge in [-0.25, -0.2) is 8.42 Å². The topological polar surface area (TPSA) is 88.2 Å². The maximum absolute atomic E-state index is 13.1. The second kappa shape index (κ2) is 9.97. The highest BCUT2D eigenvalue weighted by Crippen LogP contribution is 2.32. The lowest BCUT2D eigenvalue weighted by molar-refractivity contribution is -0.120. The minimum Gasteiger partial charge on any atom is -0.493 e. The van der Waals surface area contributed by atoms with Crippen molar-refractivity contribution >= 4 is 38.9 Å². The first-order chi connectivity index (χ1) is 15.2. The molecule has 32 heavy (non-hydrogen) atoms. The Labute approximate surface area is 194 Å². The molecule has 0 bridgehead atoms. The number of ether oxygens (including phenoxy) is 2. The van der Waals surface area contributed by atoms with Gasteiger partial charge in [0.2, 0.25) is 15.9 Å². The molecule has 1 aliphatic rings. The fourth-order valence-electron chi connectivity index (χ4n) is 3.68. The van der Waals surface area contributed by atoms with Crippen LogP contribution in [0.2, 0.25) is 5.02 Å². The van der Waals surface area contributed by atoms with Crippen LogP contribution in [0.25, 0.3) is 0 Å². The van der Waals surface area contributed by atoms with E-state index in [1.165, 1.54) is 30.7 Å². The molecule has 0 spiro atoms. The number of anilines is 2. The molecule has 1 heterocycles. The van der Waals surface area contributed by atoms with Crippen LogP contribution in [0, 0.1) is 5.92 Å². The predicted molar refractivity (Wildman–Crippen MR) is 125 cm³/mol. The Morgan fingerprint density at radius 1 is 1.06 bits per heavy atom. The number of amides is 1. The second-order valence-corrected chi connectivity index (χ2v) is 10.1. The molecule has 2 aromatic carbocycles. The summed E-state index contributed by atoms with van der Waals surface area (Å²) in [6.45, 7) is 0.518. The Morgan fingerprint density at radius 2 is 1.72 bits per heavy atom. The zero-order valence-electron chi connectivity index (χ0n) is 18.6. The van der Waals surface area contributed by atoms with Crippen LogP contribution in [0.1, 0.15) is 12.8 Å². The summed E-state index contributed by atoms with van der Waals surface area (Å²) in [6, 6.07) is 9.88. The molecule has 0 saturated carbocycles. The number of benzene rings is 2. The molecule has 0 atom stereocenters. The molecule has 1 amide bonds. The third-order valence-electron chi connectivity index (χ3n) is 5.51. The van der Waals surface area contributed by atoms with E-state index in [0.717, 1.165) is 5.69 Å². The van der Waals surface area contributed by atoms with Gasteiger partial charge in [0.1, 0.15) is 0 Å². The number of rotatable bonds is 7. The summed E-state index contributed by atoms with van der Waals surface area (Å²) in [6.07, 6.45) is 0.865. The molecule has 174 valence electrons. The zero-order chi connectivity index (χ0) is 23.5. The SMILES string of the molecule is COc1ccc(S(=O)(=O)N2CCC(C(=O)Nc3ccc(N(C)C)c(Cl)c3)CC2)cc1OC. The van der Waals surface area contributed by atoms with E-state index >= 15 is 0 Å². The van der Waals surface area contributed by atoms with Gasteiger partial charge in [-0.05, 0) is 43.2 Å². The molecule has 0 radical (unpaired) electrons. The largest absolute Gasteiger partial charge is 0.493 e. The molecule has 10 heteroatoms. The number of hydrogen-bond donors (Lipinski definition) is 1. The maximum Gasteiger partial charge on any atom is 0.243 e. The van der Waals surface area contributed by atoms with Gasteiger partial charge in [-0.15, -0.1) is 0 Å². The van der Waals surface area contributed by atoms with Crippen molar-refractivity contribution in [1.82, 2.24) is 4.31 Å². The average molecular weight is 482 g/mol. The van der Waals surface area contributed by atoms with E-state index in [2.05, 4.69) is 5.32 Å². The lowest BCUT2D eigenvalue weighted by Gasteiger charge is -2.30. The third kappa shape index (κ3) is 5.11. The van der Waals surface area contributed by atoms with Crippen molar-refractivity contribution in [1.29, 1.82) is 0 Å². The number of nitrogens with one attached hydrogen (secondary N) is 1. The average Bonchev–Trinajstić information content (AvgIpc) is 2.78. The molecule has 1 fully saturated rings. The van der Waals surface area contributed by atoms with Crippen molar-refractivity contribution < 1.29 is 22.7 Å². The molecule has 0 aromatic heterocycles. The number of hydrogen-bond acceptors (Lipinski definition) is 6. The Hall–Kier alpha value is -2.49. The first-order valence-electron chi connectivity index (χ1n) is 10.2. The molecule has 3 rings (SSSR count). The summed E-state index contributed by atoms with van der Waals surface area (Å²) >= 11 is 6.28. The number of nitrogens with zero attached hydrogens (tertiary/aromatic N) is 2. The summed E-state index contributed by atoms with van der Waals surface area (Å²) in [5.41, 5.74) is 1.48. The monoisotopic (exact) mass is 481 g/mol. The molecule has 0 aliphatic carbocycles. The first-order valence-corrected chi connectivity index (χ1v) is 12.0. The van der Waals surface area contributed by atoms with Gasteiger partial charge in [-0.1, -0.05) is 11.6 Å². The summed E-state index contributed by atoms with van der Waals surface area (Å²) < 4.78 is 37.9. The van der Waals surface area contributed by atoms with Gasteiger partial charge >= 0.3 is 0 Å². The standard InChI is InChI=1S/C22H28ClN3O5S/c1-25(2)19-7-5-16(13-18(19)23)24-22(27)15-9-11-26(12-10-15)32(28,29)17-6-8-20(30-3)21(14-17)31-4/h5-8,13-15H,9-12H2,1-4H3,(H,24,27). The fraction of sp³-hybridized carbons (Fsp3) is 0.409. The molecule has 8 nitrogen and oxygen atoms in total. The lowest BCUT2D eigenvalue weighted by atomic mass is 9.97. The zero-order valence-corrected chi connectivity index (χ0v) is 20.2. The van der Waals surface area contributed by atoms with Crippen LogP contribution in [0.15, 0.2) is 41.3 Å². The number of piperidine rings is 1. The van der Waals surface area contributed by atoms with E-state index in [-0.39, 0.29) is 29.8 Å². The minimum atomic E-state index is -3.70. The van der Waals surface area contributed by atoms with Crippen LogP contribution in [0.3, 0.4) is 0 Å². The summed E-state index contributed by atoms with van der Waals surface area (Å²) in [5, 5.41) is 3.44. The van der Waals surface area contributed by atoms with Crippen molar-refractivity contribution in [3.8, 4) is 11.5 Å². The molecule has 2 aromatic rings. The van der Waals surface area contributed by atoms with Gasteiger partial charge in [-0.3, -0.25) is 4.79 Å². The smallest absolute Gasteiger partial charge is 0.243 e. The summed E-state index contributed by atoms with van der Waals surface area (Å²) in [5.74, 6) is 0.392. The van der Waals surface area contributed by atoms with E-state index in [4.69, 9.17) is 21.1 Å². The van der Waals surface area contributed by atoms with E-state index in [9.17, 15) is 13.2 Å². The first kappa shape index (κ1) is 24.2. The van der Waals surface area contributed by atoms with Gasteiger partial charge in [0, 0.05) is 44.9 Å². The fourth-order valence-corrected chi connectivity index (χ4v) is 5.51. The number of sulfonamides is 1. The minimum absolute atomic E-state index is 0.133. The van der Waals surface area contributed by atoms with Gasteiger partial charge < -0.3 is 19.7 Å². The Kier molecular flexibility index (Phi) is 7.53. The van der Waals surface area contributed by atoms with Crippen molar-refractivity contribution in [3.05, 3.63) is 41.4 Å². The summed E-state index contributed by atoms with van der Waals surface area (Å²) in [7, 11) is 3.03. The van der Waals surface area contributed by atoms with E-state index < -0.39 is 10.0 Å². The van der Waals surface area contributed by atoms with Crippen molar-refractivity contribution in [2.24, 2.45) is 5.92 Å². The van der Waals surface area contributed by atoms with E-state index in [0.29, 0.717) is 35.1 Å². The Balaban J connectivity index is 1.64. The van der Waals surface area contributed by atoms with Crippen LogP contribution >= 0.6 is 11.6 Å². The highest BCUT2D eigenvalue weighted by Gasteiger charge is 2.32. The summed E-state index contributed by atoms with van der Waals surface area (Å²) in [4.78, 5) is 14.7. The number of methoxy groups -OCH3 is 2. The van der Waals surface area contributed by atoms with E-state index in [1.807, 2.05) is 25.1 Å². The van der Waals surface area contributed by atoms with E-state index in [1.54, 1.807) is 18.2 Å². The van der Waals surface area contributed by atoms with Crippen LogP contribution in [0.5, 0.6) is 11.5 Å². The van der Waals surface area contributed by atoms with Crippen molar-refractivity contribution in [3.63, 3.8) is 0 Å². The Morgan fingerprint density at radius 3 is 2.28 bits per heavy atom. The highest BCUT2D eigenvalue weighted by atomic mass is 35.5. The van der Waals surface area contributed by atoms with Crippen molar-refractivity contribution in [2.45, 2.75) is 17.7 Å². The second-order valence-electron chi connectivity index (χ2n) is 7.75. The third-order valence-corrected chi connectivity index (χ3v) is 7.71. The van der Waals surface area contributed by atoms with Gasteiger partial charge in [0.15, 0.2) is 11.5 Å². The quantitative estimate of drug-likeness (QED) is 0.651. The number of carbonyl (C=O) groups is 1. The van der Waals surface area contributed by atoms with Gasteiger partial charge in [-0.2, -0.15) is 4.31 Å². The van der Waals surface area contributed by atoms with Crippen LogP contribution in [-0.2, 0) is 14.8 Å². The lowest BCUT2D eigenvalue weighted by Crippen LogP contribution is -2.41. The molecule has 1 aliphatic heterocycles. The predicted octanol–water partition coefficient (Wildman–Crippen LogP) is 3.46. The highest BCUT2D eigenvalue weighted by molar-refractivity contribution is 7.89. The van der Waals surface area contributed by atoms with Crippen LogP contribution in [-0.4, -0.2) is 60.0 Å². The maximum atomic E-state index is 13.1. The van der Waals surface area contributed by atoms with Gasteiger partial charge in [0.25, 0.3) is 0 Å². The molecule has 1 saturated heterocycles. The van der Waals surface area contributed by atoms with Gasteiger partial charge in [0.05, 0.1) is 29.8 Å². The molecule has 1 N–H and O–H groups in total. The molecular weight excluding hydrogens is 454 g/mol. The number of halogens is 1. The normalized spacial score (nSPS) is 15.3. The molecular formula is C22H28ClN3O5S.